The second kappa shape index (κ2) is 4.27. The van der Waals surface area contributed by atoms with E-state index in [4.69, 9.17) is 11.6 Å². The molecule has 1 heterocycles. The van der Waals surface area contributed by atoms with Crippen molar-refractivity contribution in [3.05, 3.63) is 70.9 Å². The summed E-state index contributed by atoms with van der Waals surface area (Å²) in [4.78, 5) is 2.17. The van der Waals surface area contributed by atoms with Crippen molar-refractivity contribution in [1.82, 2.24) is 0 Å². The Morgan fingerprint density at radius 2 is 1.71 bits per heavy atom. The van der Waals surface area contributed by atoms with Gasteiger partial charge in [-0.1, -0.05) is 48.0 Å². The molecule has 2 heteroatoms. The molecule has 0 saturated carbocycles. The van der Waals surface area contributed by atoms with Gasteiger partial charge in [0.15, 0.2) is 0 Å². The number of fused-ring (bicyclic) bond motifs is 1. The van der Waals surface area contributed by atoms with Gasteiger partial charge in [-0.2, -0.15) is 0 Å². The van der Waals surface area contributed by atoms with Crippen molar-refractivity contribution >= 4 is 23.4 Å². The molecule has 0 saturated heterocycles. The molecule has 1 aliphatic rings. The van der Waals surface area contributed by atoms with Crippen LogP contribution in [0.2, 0.25) is 5.02 Å². The van der Waals surface area contributed by atoms with Gasteiger partial charge in [-0.15, -0.1) is 0 Å². The van der Waals surface area contributed by atoms with Gasteiger partial charge in [0, 0.05) is 12.7 Å². The molecule has 1 aliphatic heterocycles. The van der Waals surface area contributed by atoms with Crippen LogP contribution >= 0.6 is 11.6 Å². The molecule has 0 N–H and O–H groups in total. The standard InChI is InChI=1S/C15H12ClN/c16-14-7-3-4-8-15(14)17-10-9-12-5-1-2-6-13(12)11-17/h1-10H,11H2. The Hall–Kier alpha value is -1.73. The molecule has 17 heavy (non-hydrogen) atoms. The smallest absolute Gasteiger partial charge is 0.0643 e. The van der Waals surface area contributed by atoms with E-state index in [9.17, 15) is 0 Å². The summed E-state index contributed by atoms with van der Waals surface area (Å²) >= 11 is 6.21. The maximum atomic E-state index is 6.21. The van der Waals surface area contributed by atoms with E-state index < -0.39 is 0 Å². The van der Waals surface area contributed by atoms with Crippen molar-refractivity contribution in [1.29, 1.82) is 0 Å². The van der Waals surface area contributed by atoms with Crippen molar-refractivity contribution in [2.24, 2.45) is 0 Å². The van der Waals surface area contributed by atoms with Crippen LogP contribution in [-0.4, -0.2) is 0 Å². The van der Waals surface area contributed by atoms with Crippen LogP contribution in [0.1, 0.15) is 11.1 Å². The maximum absolute atomic E-state index is 6.21. The predicted molar refractivity (Wildman–Crippen MR) is 73.1 cm³/mol. The van der Waals surface area contributed by atoms with E-state index in [1.165, 1.54) is 11.1 Å². The third-order valence-corrected chi connectivity index (χ3v) is 3.31. The number of halogens is 1. The highest BCUT2D eigenvalue weighted by Crippen LogP contribution is 2.30. The van der Waals surface area contributed by atoms with Gasteiger partial charge in [-0.05, 0) is 29.3 Å². The fourth-order valence-corrected chi connectivity index (χ4v) is 2.34. The molecule has 0 bridgehead atoms. The fourth-order valence-electron chi connectivity index (χ4n) is 2.10. The molecule has 0 aromatic heterocycles. The van der Waals surface area contributed by atoms with Crippen LogP contribution in [0, 0.1) is 0 Å². The second-order valence-corrected chi connectivity index (χ2v) is 4.50. The Labute approximate surface area is 106 Å². The zero-order chi connectivity index (χ0) is 11.7. The number of rotatable bonds is 1. The lowest BCUT2D eigenvalue weighted by molar-refractivity contribution is 0.954. The van der Waals surface area contributed by atoms with Gasteiger partial charge < -0.3 is 4.90 Å². The summed E-state index contributed by atoms with van der Waals surface area (Å²) in [5.41, 5.74) is 3.67. The molecule has 0 aliphatic carbocycles. The van der Waals surface area contributed by atoms with Crippen LogP contribution in [-0.2, 0) is 6.54 Å². The summed E-state index contributed by atoms with van der Waals surface area (Å²) in [6.07, 6.45) is 4.21. The van der Waals surface area contributed by atoms with E-state index in [0.717, 1.165) is 17.3 Å². The first-order chi connectivity index (χ1) is 8.34. The minimum Gasteiger partial charge on any atom is -0.342 e. The van der Waals surface area contributed by atoms with Crippen LogP contribution in [0.25, 0.3) is 6.08 Å². The van der Waals surface area contributed by atoms with E-state index in [-0.39, 0.29) is 0 Å². The van der Waals surface area contributed by atoms with Gasteiger partial charge in [0.05, 0.1) is 10.7 Å². The van der Waals surface area contributed by atoms with Crippen LogP contribution in [0.4, 0.5) is 5.69 Å². The summed E-state index contributed by atoms with van der Waals surface area (Å²) in [7, 11) is 0. The zero-order valence-electron chi connectivity index (χ0n) is 9.31. The van der Waals surface area contributed by atoms with Crippen LogP contribution in [0.3, 0.4) is 0 Å². The Balaban J connectivity index is 1.98. The molecular formula is C15H12ClN. The third kappa shape index (κ3) is 1.94. The topological polar surface area (TPSA) is 3.24 Å². The van der Waals surface area contributed by atoms with Gasteiger partial charge >= 0.3 is 0 Å². The van der Waals surface area contributed by atoms with Crippen LogP contribution in [0.15, 0.2) is 54.7 Å². The average molecular weight is 242 g/mol. The number of anilines is 1. The first-order valence-corrected chi connectivity index (χ1v) is 6.00. The summed E-state index contributed by atoms with van der Waals surface area (Å²) in [6.45, 7) is 0.871. The summed E-state index contributed by atoms with van der Waals surface area (Å²) in [5, 5.41) is 0.788. The van der Waals surface area contributed by atoms with E-state index in [2.05, 4.69) is 41.4 Å². The quantitative estimate of drug-likeness (QED) is 0.718. The van der Waals surface area contributed by atoms with E-state index in [0.29, 0.717) is 0 Å². The molecule has 0 fully saturated rings. The first kappa shape index (κ1) is 10.4. The molecule has 3 rings (SSSR count). The molecule has 0 amide bonds. The molecule has 0 atom stereocenters. The number of nitrogens with zero attached hydrogens (tertiary/aromatic N) is 1. The Kier molecular flexibility index (Phi) is 2.62. The van der Waals surface area contributed by atoms with Crippen molar-refractivity contribution in [3.63, 3.8) is 0 Å². The molecule has 0 radical (unpaired) electrons. The summed E-state index contributed by atoms with van der Waals surface area (Å²) < 4.78 is 0. The van der Waals surface area contributed by atoms with Crippen LogP contribution < -0.4 is 4.90 Å². The SMILES string of the molecule is Clc1ccccc1N1C=Cc2ccccc2C1. The molecule has 0 unspecified atom stereocenters. The molecule has 1 nitrogen and oxygen atoms in total. The van der Waals surface area contributed by atoms with Gasteiger partial charge in [0.1, 0.15) is 0 Å². The lowest BCUT2D eigenvalue weighted by Crippen LogP contribution is -2.19. The highest BCUT2D eigenvalue weighted by molar-refractivity contribution is 6.33. The number of hydrogen-bond acceptors (Lipinski definition) is 1. The van der Waals surface area contributed by atoms with Crippen molar-refractivity contribution in [3.8, 4) is 0 Å². The Morgan fingerprint density at radius 3 is 2.59 bits per heavy atom. The minimum atomic E-state index is 0.788. The molecule has 0 spiro atoms. The first-order valence-electron chi connectivity index (χ1n) is 5.62. The molecule has 84 valence electrons. The van der Waals surface area contributed by atoms with Crippen molar-refractivity contribution < 1.29 is 0 Å². The fraction of sp³-hybridized carbons (Fsp3) is 0.0667. The minimum absolute atomic E-state index is 0.788. The number of hydrogen-bond donors (Lipinski definition) is 0. The molecule has 2 aromatic rings. The molecular weight excluding hydrogens is 230 g/mol. The third-order valence-electron chi connectivity index (χ3n) is 2.99. The summed E-state index contributed by atoms with van der Waals surface area (Å²) in [5.74, 6) is 0. The second-order valence-electron chi connectivity index (χ2n) is 4.09. The van der Waals surface area contributed by atoms with Gasteiger partial charge in [0.25, 0.3) is 0 Å². The average Bonchev–Trinajstić information content (AvgIpc) is 2.39. The molecule has 2 aromatic carbocycles. The van der Waals surface area contributed by atoms with Crippen LogP contribution in [0.5, 0.6) is 0 Å². The van der Waals surface area contributed by atoms with Crippen molar-refractivity contribution in [2.45, 2.75) is 6.54 Å². The highest BCUT2D eigenvalue weighted by Gasteiger charge is 2.13. The largest absolute Gasteiger partial charge is 0.342 e. The Bertz CT molecular complexity index is 575. The van der Waals surface area contributed by atoms with E-state index in [1.54, 1.807) is 0 Å². The number of benzene rings is 2. The lowest BCUT2D eigenvalue weighted by atomic mass is 10.0. The lowest BCUT2D eigenvalue weighted by Gasteiger charge is -2.26. The predicted octanol–water partition coefficient (Wildman–Crippen LogP) is 4.33. The monoisotopic (exact) mass is 241 g/mol. The van der Waals surface area contributed by atoms with Crippen molar-refractivity contribution in [2.75, 3.05) is 4.90 Å². The zero-order valence-corrected chi connectivity index (χ0v) is 10.1. The normalized spacial score (nSPS) is 13.6. The highest BCUT2D eigenvalue weighted by atomic mass is 35.5. The van der Waals surface area contributed by atoms with Gasteiger partial charge in [-0.25, -0.2) is 0 Å². The van der Waals surface area contributed by atoms with E-state index >= 15 is 0 Å². The van der Waals surface area contributed by atoms with Gasteiger partial charge in [0.2, 0.25) is 0 Å². The van der Waals surface area contributed by atoms with Gasteiger partial charge in [-0.3, -0.25) is 0 Å². The maximum Gasteiger partial charge on any atom is 0.0643 e. The number of para-hydroxylation sites is 1. The Morgan fingerprint density at radius 1 is 0.941 bits per heavy atom. The summed E-state index contributed by atoms with van der Waals surface area (Å²) in [6, 6.07) is 16.4. The van der Waals surface area contributed by atoms with E-state index in [1.807, 2.05) is 24.3 Å².